The highest BCUT2D eigenvalue weighted by Gasteiger charge is 2.28. The number of methoxy groups -OCH3 is 1. The van der Waals surface area contributed by atoms with Crippen molar-refractivity contribution in [3.8, 4) is 5.75 Å². The molecule has 3 rings (SSSR count). The lowest BCUT2D eigenvalue weighted by Gasteiger charge is -2.31. The van der Waals surface area contributed by atoms with E-state index in [1.54, 1.807) is 55.6 Å². The largest absolute Gasteiger partial charge is 0.497 e. The van der Waals surface area contributed by atoms with Gasteiger partial charge in [-0.3, -0.25) is 9.59 Å². The molecule has 2 aromatic carbocycles. The van der Waals surface area contributed by atoms with Gasteiger partial charge in [-0.1, -0.05) is 0 Å². The zero-order valence-electron chi connectivity index (χ0n) is 14.7. The fourth-order valence-electron chi connectivity index (χ4n) is 3.14. The number of nitrogens with two attached hydrogens (primary N) is 1. The molecular weight excluding hydrogens is 352 g/mol. The lowest BCUT2D eigenvalue weighted by molar-refractivity contribution is 0.0650. The second-order valence-electron chi connectivity index (χ2n) is 6.28. The molecule has 0 saturated carbocycles. The highest BCUT2D eigenvalue weighted by Crippen LogP contribution is 2.24. The van der Waals surface area contributed by atoms with E-state index in [2.05, 4.69) is 0 Å². The van der Waals surface area contributed by atoms with Gasteiger partial charge in [-0.05, 0) is 61.4 Å². The van der Waals surface area contributed by atoms with Gasteiger partial charge in [-0.25, -0.2) is 0 Å². The zero-order chi connectivity index (χ0) is 17.8. The van der Waals surface area contributed by atoms with Crippen LogP contribution in [0.1, 0.15) is 33.6 Å². The summed E-state index contributed by atoms with van der Waals surface area (Å²) in [5.74, 6) is 0.835. The highest BCUT2D eigenvalue weighted by molar-refractivity contribution is 5.98. The van der Waals surface area contributed by atoms with Crippen molar-refractivity contribution in [3.63, 3.8) is 0 Å². The first-order valence-corrected chi connectivity index (χ1v) is 8.41. The molecule has 1 fully saturated rings. The van der Waals surface area contributed by atoms with Crippen LogP contribution < -0.4 is 10.5 Å². The lowest BCUT2D eigenvalue weighted by atomic mass is 9.88. The number of rotatable bonds is 4. The topological polar surface area (TPSA) is 72.6 Å². The SMILES string of the molecule is COc1ccc(C(=O)C2CCN(C(=O)c3ccc(N)cc3)CC2)cc1.Cl. The van der Waals surface area contributed by atoms with Crippen molar-refractivity contribution in [3.05, 3.63) is 59.7 Å². The Hall–Kier alpha value is -2.53. The smallest absolute Gasteiger partial charge is 0.253 e. The van der Waals surface area contributed by atoms with Gasteiger partial charge in [0.2, 0.25) is 0 Å². The number of carbonyl (C=O) groups excluding carboxylic acids is 2. The molecule has 1 aliphatic rings. The summed E-state index contributed by atoms with van der Waals surface area (Å²) >= 11 is 0. The van der Waals surface area contributed by atoms with E-state index in [4.69, 9.17) is 10.5 Å². The molecule has 0 bridgehead atoms. The van der Waals surface area contributed by atoms with Crippen molar-refractivity contribution in [1.82, 2.24) is 4.90 Å². The number of ketones is 1. The number of piperidine rings is 1. The number of benzene rings is 2. The van der Waals surface area contributed by atoms with E-state index in [1.165, 1.54) is 0 Å². The van der Waals surface area contributed by atoms with Crippen LogP contribution in [-0.4, -0.2) is 36.8 Å². The van der Waals surface area contributed by atoms with Gasteiger partial charge in [0.05, 0.1) is 7.11 Å². The number of nitrogens with zero attached hydrogens (tertiary/aromatic N) is 1. The molecule has 26 heavy (non-hydrogen) atoms. The van der Waals surface area contributed by atoms with Gasteiger partial charge in [0.1, 0.15) is 5.75 Å². The predicted octanol–water partition coefficient (Wildman–Crippen LogP) is 3.43. The monoisotopic (exact) mass is 374 g/mol. The molecule has 0 aromatic heterocycles. The number of ether oxygens (including phenoxy) is 1. The summed E-state index contributed by atoms with van der Waals surface area (Å²) in [6, 6.07) is 14.1. The minimum absolute atomic E-state index is 0. The maximum absolute atomic E-state index is 12.6. The Bertz CT molecular complexity index is 752. The summed E-state index contributed by atoms with van der Waals surface area (Å²) < 4.78 is 5.12. The Morgan fingerprint density at radius 1 is 0.962 bits per heavy atom. The molecule has 5 nitrogen and oxygen atoms in total. The standard InChI is InChI=1S/C20H22N2O3.ClH/c1-25-18-8-4-14(5-9-18)19(23)15-10-12-22(13-11-15)20(24)16-2-6-17(21)7-3-16;/h2-9,15H,10-13,21H2,1H3;1H. The van der Waals surface area contributed by atoms with E-state index in [0.717, 1.165) is 5.75 Å². The van der Waals surface area contributed by atoms with Gasteiger partial charge in [0.15, 0.2) is 5.78 Å². The summed E-state index contributed by atoms with van der Waals surface area (Å²) in [5.41, 5.74) is 7.63. The normalized spacial score (nSPS) is 14.4. The van der Waals surface area contributed by atoms with Gasteiger partial charge >= 0.3 is 0 Å². The van der Waals surface area contributed by atoms with E-state index < -0.39 is 0 Å². The first-order chi connectivity index (χ1) is 12.1. The molecule has 2 aromatic rings. The molecule has 0 radical (unpaired) electrons. The number of likely N-dealkylation sites (tertiary alicyclic amines) is 1. The number of halogens is 1. The maximum Gasteiger partial charge on any atom is 0.253 e. The van der Waals surface area contributed by atoms with Crippen LogP contribution in [0.5, 0.6) is 5.75 Å². The van der Waals surface area contributed by atoms with Crippen LogP contribution in [0, 0.1) is 5.92 Å². The molecule has 0 aliphatic carbocycles. The Balaban J connectivity index is 0.00000243. The van der Waals surface area contributed by atoms with Gasteiger partial charge in [-0.2, -0.15) is 0 Å². The fraction of sp³-hybridized carbons (Fsp3) is 0.300. The average Bonchev–Trinajstić information content (AvgIpc) is 2.67. The Morgan fingerprint density at radius 3 is 2.04 bits per heavy atom. The number of anilines is 1. The van der Waals surface area contributed by atoms with Gasteiger partial charge in [-0.15, -0.1) is 12.4 Å². The average molecular weight is 375 g/mol. The Labute approximate surface area is 159 Å². The van der Waals surface area contributed by atoms with Crippen molar-refractivity contribution in [2.24, 2.45) is 5.92 Å². The minimum atomic E-state index is -0.0381. The Kier molecular flexibility index (Phi) is 6.64. The molecule has 0 unspecified atom stereocenters. The second-order valence-corrected chi connectivity index (χ2v) is 6.28. The zero-order valence-corrected chi connectivity index (χ0v) is 15.5. The molecule has 0 spiro atoms. The fourth-order valence-corrected chi connectivity index (χ4v) is 3.14. The molecule has 6 heteroatoms. The summed E-state index contributed by atoms with van der Waals surface area (Å²) in [4.78, 5) is 26.9. The number of nitrogen functional groups attached to an aromatic ring is 1. The first-order valence-electron chi connectivity index (χ1n) is 8.41. The maximum atomic E-state index is 12.6. The number of carbonyl (C=O) groups is 2. The third kappa shape index (κ3) is 4.35. The van der Waals surface area contributed by atoms with Crippen LogP contribution in [0.15, 0.2) is 48.5 Å². The number of Topliss-reactive ketones (excluding diaryl/α,β-unsaturated/α-hetero) is 1. The van der Waals surface area contributed by atoms with Crippen LogP contribution in [0.3, 0.4) is 0 Å². The van der Waals surface area contributed by atoms with Crippen LogP contribution in [0.2, 0.25) is 0 Å². The van der Waals surface area contributed by atoms with Crippen LogP contribution in [-0.2, 0) is 0 Å². The van der Waals surface area contributed by atoms with E-state index in [0.29, 0.717) is 42.7 Å². The Morgan fingerprint density at radius 2 is 1.50 bits per heavy atom. The van der Waals surface area contributed by atoms with Crippen molar-refractivity contribution in [2.75, 3.05) is 25.9 Å². The summed E-state index contributed by atoms with van der Waals surface area (Å²) in [5, 5.41) is 0. The van der Waals surface area contributed by atoms with Crippen molar-refractivity contribution in [1.29, 1.82) is 0 Å². The highest BCUT2D eigenvalue weighted by atomic mass is 35.5. The van der Waals surface area contributed by atoms with E-state index in [-0.39, 0.29) is 30.0 Å². The summed E-state index contributed by atoms with van der Waals surface area (Å²) in [7, 11) is 1.60. The molecule has 1 amide bonds. The van der Waals surface area contributed by atoms with Crippen molar-refractivity contribution < 1.29 is 14.3 Å². The number of amides is 1. The van der Waals surface area contributed by atoms with Crippen molar-refractivity contribution >= 4 is 29.8 Å². The molecule has 1 saturated heterocycles. The lowest BCUT2D eigenvalue weighted by Crippen LogP contribution is -2.40. The third-order valence-electron chi connectivity index (χ3n) is 4.69. The van der Waals surface area contributed by atoms with E-state index in [1.807, 2.05) is 4.90 Å². The van der Waals surface area contributed by atoms with E-state index in [9.17, 15) is 9.59 Å². The third-order valence-corrected chi connectivity index (χ3v) is 4.69. The van der Waals surface area contributed by atoms with Gasteiger partial charge in [0.25, 0.3) is 5.91 Å². The number of hydrogen-bond acceptors (Lipinski definition) is 4. The number of hydrogen-bond donors (Lipinski definition) is 1. The van der Waals surface area contributed by atoms with E-state index >= 15 is 0 Å². The predicted molar refractivity (Wildman–Crippen MR) is 104 cm³/mol. The second kappa shape index (κ2) is 8.72. The molecule has 2 N–H and O–H groups in total. The minimum Gasteiger partial charge on any atom is -0.497 e. The van der Waals surface area contributed by atoms with Gasteiger partial charge in [0, 0.05) is 35.8 Å². The van der Waals surface area contributed by atoms with Crippen LogP contribution in [0.4, 0.5) is 5.69 Å². The van der Waals surface area contributed by atoms with Crippen LogP contribution >= 0.6 is 12.4 Å². The summed E-state index contributed by atoms with van der Waals surface area (Å²) in [6.45, 7) is 1.19. The quantitative estimate of drug-likeness (QED) is 0.657. The molecular formula is C20H23ClN2O3. The van der Waals surface area contributed by atoms with Crippen LogP contribution in [0.25, 0.3) is 0 Å². The van der Waals surface area contributed by atoms with Crippen molar-refractivity contribution in [2.45, 2.75) is 12.8 Å². The molecule has 0 atom stereocenters. The molecule has 138 valence electrons. The molecule has 1 heterocycles. The summed E-state index contributed by atoms with van der Waals surface area (Å²) in [6.07, 6.45) is 1.37. The first kappa shape index (κ1) is 19.8. The van der Waals surface area contributed by atoms with Gasteiger partial charge < -0.3 is 15.4 Å². The molecule has 1 aliphatic heterocycles.